The summed E-state index contributed by atoms with van der Waals surface area (Å²) in [6, 6.07) is 0.569. The summed E-state index contributed by atoms with van der Waals surface area (Å²) in [5.41, 5.74) is 5.22. The predicted molar refractivity (Wildman–Crippen MR) is 52.7 cm³/mol. The zero-order chi connectivity index (χ0) is 9.97. The van der Waals surface area contributed by atoms with Gasteiger partial charge in [-0.1, -0.05) is 12.8 Å². The van der Waals surface area contributed by atoms with E-state index in [-0.39, 0.29) is 18.6 Å². The molecule has 0 spiro atoms. The van der Waals surface area contributed by atoms with Crippen molar-refractivity contribution < 1.29 is 9.53 Å². The van der Waals surface area contributed by atoms with Crippen molar-refractivity contribution in [2.75, 3.05) is 13.1 Å². The topological polar surface area (TPSA) is 64.4 Å². The van der Waals surface area contributed by atoms with Crippen LogP contribution in [0.15, 0.2) is 0 Å². The van der Waals surface area contributed by atoms with Gasteiger partial charge in [-0.2, -0.15) is 0 Å². The third-order valence-corrected chi connectivity index (χ3v) is 3.33. The lowest BCUT2D eigenvalue weighted by Crippen LogP contribution is -2.33. The number of hydrogen-bond acceptors (Lipinski definition) is 4. The average Bonchev–Trinajstić information content (AvgIpc) is 2.62. The van der Waals surface area contributed by atoms with E-state index in [0.29, 0.717) is 12.0 Å². The van der Waals surface area contributed by atoms with E-state index in [0.717, 1.165) is 6.54 Å². The Hall–Kier alpha value is -0.610. The zero-order valence-electron chi connectivity index (χ0n) is 8.37. The molecular formula is C10H18N2O2. The summed E-state index contributed by atoms with van der Waals surface area (Å²) in [7, 11) is 0. The number of ether oxygens (including phenoxy) is 1. The van der Waals surface area contributed by atoms with Gasteiger partial charge < -0.3 is 15.8 Å². The van der Waals surface area contributed by atoms with Gasteiger partial charge in [-0.3, -0.25) is 4.79 Å². The van der Waals surface area contributed by atoms with Gasteiger partial charge in [-0.15, -0.1) is 0 Å². The summed E-state index contributed by atoms with van der Waals surface area (Å²) in [6.45, 7) is 0.801. The molecule has 0 amide bonds. The largest absolute Gasteiger partial charge is 0.460 e. The molecule has 1 heterocycles. The van der Waals surface area contributed by atoms with Crippen LogP contribution in [0.1, 0.15) is 25.7 Å². The summed E-state index contributed by atoms with van der Waals surface area (Å²) in [6.07, 6.45) is 5.03. The molecule has 0 aromatic rings. The van der Waals surface area contributed by atoms with Crippen LogP contribution in [0.2, 0.25) is 0 Å². The number of esters is 1. The Bertz CT molecular complexity index is 220. The molecule has 0 radical (unpaired) electrons. The van der Waals surface area contributed by atoms with Crippen LogP contribution in [0.5, 0.6) is 0 Å². The second-order valence-corrected chi connectivity index (χ2v) is 4.20. The SMILES string of the molecule is NCC(=O)OC1CNC2CCCCC21. The van der Waals surface area contributed by atoms with Gasteiger partial charge in [-0.05, 0) is 12.8 Å². The number of nitrogens with two attached hydrogens (primary N) is 1. The van der Waals surface area contributed by atoms with Crippen LogP contribution in [-0.4, -0.2) is 31.2 Å². The van der Waals surface area contributed by atoms with Crippen molar-refractivity contribution in [3.8, 4) is 0 Å². The highest BCUT2D eigenvalue weighted by Crippen LogP contribution is 2.32. The molecule has 80 valence electrons. The molecule has 4 nitrogen and oxygen atoms in total. The van der Waals surface area contributed by atoms with E-state index in [4.69, 9.17) is 10.5 Å². The standard InChI is InChI=1S/C10H18N2O2/c11-5-10(13)14-9-6-12-8-4-2-1-3-7(8)9/h7-9,12H,1-6,11H2. The van der Waals surface area contributed by atoms with E-state index in [1.807, 2.05) is 0 Å². The van der Waals surface area contributed by atoms with Crippen molar-refractivity contribution in [1.29, 1.82) is 0 Å². The van der Waals surface area contributed by atoms with Gasteiger partial charge >= 0.3 is 5.97 Å². The second kappa shape index (κ2) is 4.28. The summed E-state index contributed by atoms with van der Waals surface area (Å²) < 4.78 is 5.30. The third kappa shape index (κ3) is 1.91. The van der Waals surface area contributed by atoms with E-state index in [1.54, 1.807) is 0 Å². The van der Waals surface area contributed by atoms with Gasteiger partial charge in [0.15, 0.2) is 0 Å². The van der Waals surface area contributed by atoms with Crippen LogP contribution in [0.4, 0.5) is 0 Å². The van der Waals surface area contributed by atoms with Gasteiger partial charge in [0.25, 0.3) is 0 Å². The van der Waals surface area contributed by atoms with Gasteiger partial charge in [0.2, 0.25) is 0 Å². The number of hydrogen-bond donors (Lipinski definition) is 2. The normalized spacial score (nSPS) is 36.5. The summed E-state index contributed by atoms with van der Waals surface area (Å²) in [5.74, 6) is 0.252. The van der Waals surface area contributed by atoms with Crippen molar-refractivity contribution in [2.45, 2.75) is 37.8 Å². The lowest BCUT2D eigenvalue weighted by molar-refractivity contribution is -0.148. The third-order valence-electron chi connectivity index (χ3n) is 3.33. The quantitative estimate of drug-likeness (QED) is 0.614. The molecule has 1 saturated heterocycles. The van der Waals surface area contributed by atoms with E-state index in [1.165, 1.54) is 25.7 Å². The minimum atomic E-state index is -0.275. The van der Waals surface area contributed by atoms with Gasteiger partial charge in [-0.25, -0.2) is 0 Å². The molecule has 3 N–H and O–H groups in total. The molecule has 2 rings (SSSR count). The smallest absolute Gasteiger partial charge is 0.320 e. The molecule has 2 aliphatic rings. The minimum absolute atomic E-state index is 0.00606. The van der Waals surface area contributed by atoms with Crippen LogP contribution in [0.3, 0.4) is 0 Å². The van der Waals surface area contributed by atoms with Crippen molar-refractivity contribution >= 4 is 5.97 Å². The highest BCUT2D eigenvalue weighted by Gasteiger charge is 2.39. The zero-order valence-corrected chi connectivity index (χ0v) is 8.37. The summed E-state index contributed by atoms with van der Waals surface area (Å²) >= 11 is 0. The summed E-state index contributed by atoms with van der Waals surface area (Å²) in [4.78, 5) is 11.1. The molecule has 1 aliphatic carbocycles. The predicted octanol–water partition coefficient (Wildman–Crippen LogP) is 0.0189. The maximum absolute atomic E-state index is 11.1. The molecule has 1 saturated carbocycles. The van der Waals surface area contributed by atoms with Crippen molar-refractivity contribution in [3.05, 3.63) is 0 Å². The number of fused-ring (bicyclic) bond motifs is 1. The van der Waals surface area contributed by atoms with Gasteiger partial charge in [0.1, 0.15) is 6.10 Å². The van der Waals surface area contributed by atoms with Crippen molar-refractivity contribution in [2.24, 2.45) is 11.7 Å². The Morgan fingerprint density at radius 3 is 3.00 bits per heavy atom. The Morgan fingerprint density at radius 2 is 2.21 bits per heavy atom. The Labute approximate surface area is 84.2 Å². The molecule has 1 aliphatic heterocycles. The number of rotatable bonds is 2. The Morgan fingerprint density at radius 1 is 1.43 bits per heavy atom. The maximum Gasteiger partial charge on any atom is 0.320 e. The fraction of sp³-hybridized carbons (Fsp3) is 0.900. The van der Waals surface area contributed by atoms with E-state index in [9.17, 15) is 4.79 Å². The molecule has 0 bridgehead atoms. The van der Waals surface area contributed by atoms with Gasteiger partial charge in [0.05, 0.1) is 6.54 Å². The fourth-order valence-electron chi connectivity index (χ4n) is 2.62. The minimum Gasteiger partial charge on any atom is -0.460 e. The van der Waals surface area contributed by atoms with Crippen LogP contribution in [-0.2, 0) is 9.53 Å². The van der Waals surface area contributed by atoms with Crippen LogP contribution < -0.4 is 11.1 Å². The van der Waals surface area contributed by atoms with E-state index < -0.39 is 0 Å². The average molecular weight is 198 g/mol. The molecule has 4 heteroatoms. The summed E-state index contributed by atoms with van der Waals surface area (Å²) in [5, 5.41) is 3.42. The highest BCUT2D eigenvalue weighted by atomic mass is 16.5. The molecule has 3 unspecified atom stereocenters. The monoisotopic (exact) mass is 198 g/mol. The first-order valence-electron chi connectivity index (χ1n) is 5.44. The van der Waals surface area contributed by atoms with Crippen molar-refractivity contribution in [1.82, 2.24) is 5.32 Å². The highest BCUT2D eigenvalue weighted by molar-refractivity contribution is 5.71. The number of carbonyl (C=O) groups excluding carboxylic acids is 1. The molecule has 0 aromatic carbocycles. The Balaban J connectivity index is 1.90. The van der Waals surface area contributed by atoms with Crippen LogP contribution in [0.25, 0.3) is 0 Å². The van der Waals surface area contributed by atoms with E-state index in [2.05, 4.69) is 5.32 Å². The first-order valence-corrected chi connectivity index (χ1v) is 5.44. The van der Waals surface area contributed by atoms with Crippen LogP contribution >= 0.6 is 0 Å². The van der Waals surface area contributed by atoms with Crippen LogP contribution in [0, 0.1) is 5.92 Å². The molecule has 2 fully saturated rings. The number of nitrogens with one attached hydrogen (secondary N) is 1. The van der Waals surface area contributed by atoms with Gasteiger partial charge in [0, 0.05) is 18.5 Å². The molecular weight excluding hydrogens is 180 g/mol. The van der Waals surface area contributed by atoms with Crippen molar-refractivity contribution in [3.63, 3.8) is 0 Å². The van der Waals surface area contributed by atoms with E-state index >= 15 is 0 Å². The Kier molecular flexibility index (Phi) is 3.03. The molecule has 3 atom stereocenters. The fourth-order valence-corrected chi connectivity index (χ4v) is 2.62. The second-order valence-electron chi connectivity index (χ2n) is 4.20. The lowest BCUT2D eigenvalue weighted by atomic mass is 9.84. The first kappa shape index (κ1) is 9.93. The number of carbonyl (C=O) groups is 1. The first-order chi connectivity index (χ1) is 6.81. The molecule has 14 heavy (non-hydrogen) atoms. The lowest BCUT2D eigenvalue weighted by Gasteiger charge is -2.27. The maximum atomic E-state index is 11.1. The molecule has 0 aromatic heterocycles.